The maximum Gasteiger partial charge on any atom is 0.312 e. The van der Waals surface area contributed by atoms with E-state index in [1.54, 1.807) is 26.0 Å². The Morgan fingerprint density at radius 2 is 1.94 bits per heavy atom. The molecule has 2 rings (SSSR count). The summed E-state index contributed by atoms with van der Waals surface area (Å²) in [6.45, 7) is 5.51. The average molecular weight is 251 g/mol. The number of carbonyl (C=O) groups is 1. The van der Waals surface area contributed by atoms with Crippen molar-refractivity contribution in [1.82, 2.24) is 0 Å². The van der Waals surface area contributed by atoms with Gasteiger partial charge in [0.05, 0.1) is 5.92 Å². The molecule has 0 amide bonds. The molecule has 0 fully saturated rings. The van der Waals surface area contributed by atoms with E-state index in [2.05, 4.69) is 0 Å². The maximum absolute atomic E-state index is 11.2. The zero-order chi connectivity index (χ0) is 13.5. The Hall–Kier alpha value is -1.75. The van der Waals surface area contributed by atoms with Crippen LogP contribution in [0.3, 0.4) is 0 Å². The quantitative estimate of drug-likeness (QED) is 0.853. The first-order valence-corrected chi connectivity index (χ1v) is 5.79. The molecule has 1 unspecified atom stereocenters. The second kappa shape index (κ2) is 4.17. The number of carboxylic acid groups (broad SMARTS) is 1. The van der Waals surface area contributed by atoms with Crippen molar-refractivity contribution in [2.75, 3.05) is 6.54 Å². The molecule has 3 N–H and O–H groups in total. The topological polar surface area (TPSA) is 81.8 Å². The SMILES string of the molecule is Cc1cc2c(cc1C(CN)C(=O)O)OC(C)(C)O2. The van der Waals surface area contributed by atoms with Crippen molar-refractivity contribution in [2.24, 2.45) is 5.73 Å². The largest absolute Gasteiger partial charge is 0.481 e. The Balaban J connectivity index is 2.44. The molecule has 98 valence electrons. The molecular formula is C13H17NO4. The van der Waals surface area contributed by atoms with Gasteiger partial charge in [-0.25, -0.2) is 0 Å². The molecule has 1 aliphatic heterocycles. The lowest BCUT2D eigenvalue weighted by molar-refractivity contribution is -0.138. The van der Waals surface area contributed by atoms with E-state index in [4.69, 9.17) is 20.3 Å². The minimum absolute atomic E-state index is 0.0548. The highest BCUT2D eigenvalue weighted by molar-refractivity contribution is 5.77. The molecular weight excluding hydrogens is 234 g/mol. The van der Waals surface area contributed by atoms with Gasteiger partial charge in [0, 0.05) is 20.4 Å². The lowest BCUT2D eigenvalue weighted by Gasteiger charge is -2.16. The number of aliphatic carboxylic acids is 1. The lowest BCUT2D eigenvalue weighted by Crippen LogP contribution is -2.29. The van der Waals surface area contributed by atoms with Crippen LogP contribution in [-0.4, -0.2) is 23.4 Å². The smallest absolute Gasteiger partial charge is 0.312 e. The van der Waals surface area contributed by atoms with Crippen molar-refractivity contribution in [3.8, 4) is 11.5 Å². The van der Waals surface area contributed by atoms with Crippen LogP contribution in [0.1, 0.15) is 30.9 Å². The van der Waals surface area contributed by atoms with Crippen molar-refractivity contribution in [3.63, 3.8) is 0 Å². The number of fused-ring (bicyclic) bond motifs is 1. The number of aryl methyl sites for hydroxylation is 1. The first-order valence-electron chi connectivity index (χ1n) is 5.79. The molecule has 0 spiro atoms. The number of rotatable bonds is 3. The van der Waals surface area contributed by atoms with Gasteiger partial charge in [-0.1, -0.05) is 0 Å². The summed E-state index contributed by atoms with van der Waals surface area (Å²) in [5.41, 5.74) is 7.03. The molecule has 0 radical (unpaired) electrons. The minimum Gasteiger partial charge on any atom is -0.481 e. The molecule has 0 aliphatic carbocycles. The normalized spacial score (nSPS) is 17.6. The Kier molecular flexibility index (Phi) is 2.94. The van der Waals surface area contributed by atoms with Gasteiger partial charge in [-0.15, -0.1) is 0 Å². The number of nitrogens with two attached hydrogens (primary N) is 1. The van der Waals surface area contributed by atoms with E-state index >= 15 is 0 Å². The number of hydrogen-bond donors (Lipinski definition) is 2. The molecule has 1 aromatic rings. The van der Waals surface area contributed by atoms with Gasteiger partial charge in [-0.2, -0.15) is 0 Å². The number of carboxylic acids is 1. The van der Waals surface area contributed by atoms with Gasteiger partial charge in [0.1, 0.15) is 0 Å². The van der Waals surface area contributed by atoms with Gasteiger partial charge in [0.15, 0.2) is 11.5 Å². The highest BCUT2D eigenvalue weighted by Crippen LogP contribution is 2.42. The van der Waals surface area contributed by atoms with E-state index in [1.807, 2.05) is 6.92 Å². The average Bonchev–Trinajstić information content (AvgIpc) is 2.52. The summed E-state index contributed by atoms with van der Waals surface area (Å²) >= 11 is 0. The van der Waals surface area contributed by atoms with Crippen LogP contribution >= 0.6 is 0 Å². The third-order valence-corrected chi connectivity index (χ3v) is 2.95. The summed E-state index contributed by atoms with van der Waals surface area (Å²) in [4.78, 5) is 11.2. The van der Waals surface area contributed by atoms with Crippen LogP contribution in [-0.2, 0) is 4.79 Å². The summed E-state index contributed by atoms with van der Waals surface area (Å²) in [5.74, 6) is -1.15. The highest BCUT2D eigenvalue weighted by Gasteiger charge is 2.33. The summed E-state index contributed by atoms with van der Waals surface area (Å²) in [6.07, 6.45) is 0. The van der Waals surface area contributed by atoms with Crippen LogP contribution in [0, 0.1) is 6.92 Å². The summed E-state index contributed by atoms with van der Waals surface area (Å²) < 4.78 is 11.2. The zero-order valence-electron chi connectivity index (χ0n) is 10.7. The van der Waals surface area contributed by atoms with Crippen LogP contribution in [0.5, 0.6) is 11.5 Å². The second-order valence-corrected chi connectivity index (χ2v) is 4.89. The fourth-order valence-electron chi connectivity index (χ4n) is 2.12. The van der Waals surface area contributed by atoms with Gasteiger partial charge in [-0.3, -0.25) is 4.79 Å². The molecule has 1 aromatic carbocycles. The Bertz CT molecular complexity index is 496. The molecule has 0 saturated heterocycles. The fraction of sp³-hybridized carbons (Fsp3) is 0.462. The van der Waals surface area contributed by atoms with E-state index in [9.17, 15) is 4.79 Å². The van der Waals surface area contributed by atoms with Crippen LogP contribution < -0.4 is 15.2 Å². The zero-order valence-corrected chi connectivity index (χ0v) is 10.7. The van der Waals surface area contributed by atoms with Crippen LogP contribution in [0.2, 0.25) is 0 Å². The fourth-order valence-corrected chi connectivity index (χ4v) is 2.12. The molecule has 1 heterocycles. The lowest BCUT2D eigenvalue weighted by atomic mass is 9.94. The standard InChI is InChI=1S/C13H17NO4/c1-7-4-10-11(18-13(2,3)17-10)5-8(7)9(6-14)12(15)16/h4-5,9H,6,14H2,1-3H3,(H,15,16). The van der Waals surface area contributed by atoms with Gasteiger partial charge < -0.3 is 20.3 Å². The van der Waals surface area contributed by atoms with Crippen molar-refractivity contribution in [3.05, 3.63) is 23.3 Å². The Labute approximate surface area is 106 Å². The predicted molar refractivity (Wildman–Crippen MR) is 65.9 cm³/mol. The highest BCUT2D eigenvalue weighted by atomic mass is 16.7. The Morgan fingerprint density at radius 1 is 1.39 bits per heavy atom. The third kappa shape index (κ3) is 2.13. The first-order chi connectivity index (χ1) is 8.34. The van der Waals surface area contributed by atoms with Crippen LogP contribution in [0.25, 0.3) is 0 Å². The van der Waals surface area contributed by atoms with Crippen LogP contribution in [0.4, 0.5) is 0 Å². The van der Waals surface area contributed by atoms with Gasteiger partial charge in [0.25, 0.3) is 0 Å². The van der Waals surface area contributed by atoms with Gasteiger partial charge >= 0.3 is 5.97 Å². The minimum atomic E-state index is -0.932. The van der Waals surface area contributed by atoms with Crippen molar-refractivity contribution in [1.29, 1.82) is 0 Å². The van der Waals surface area contributed by atoms with Crippen molar-refractivity contribution < 1.29 is 19.4 Å². The molecule has 0 saturated carbocycles. The molecule has 5 nitrogen and oxygen atoms in total. The van der Waals surface area contributed by atoms with E-state index < -0.39 is 17.7 Å². The molecule has 1 aliphatic rings. The second-order valence-electron chi connectivity index (χ2n) is 4.89. The van der Waals surface area contributed by atoms with E-state index in [-0.39, 0.29) is 6.54 Å². The number of benzene rings is 1. The van der Waals surface area contributed by atoms with E-state index in [0.717, 1.165) is 5.56 Å². The summed E-state index contributed by atoms with van der Waals surface area (Å²) in [6, 6.07) is 3.51. The van der Waals surface area contributed by atoms with Crippen molar-refractivity contribution in [2.45, 2.75) is 32.5 Å². The first kappa shape index (κ1) is 12.7. The van der Waals surface area contributed by atoms with Gasteiger partial charge in [0.2, 0.25) is 5.79 Å². The van der Waals surface area contributed by atoms with Gasteiger partial charge in [-0.05, 0) is 30.2 Å². The van der Waals surface area contributed by atoms with E-state index in [1.165, 1.54) is 0 Å². The molecule has 1 atom stereocenters. The summed E-state index contributed by atoms with van der Waals surface area (Å²) in [7, 11) is 0. The van der Waals surface area contributed by atoms with E-state index in [0.29, 0.717) is 17.1 Å². The summed E-state index contributed by atoms with van der Waals surface area (Å²) in [5, 5.41) is 9.15. The number of ether oxygens (including phenoxy) is 2. The third-order valence-electron chi connectivity index (χ3n) is 2.95. The number of hydrogen-bond acceptors (Lipinski definition) is 4. The Morgan fingerprint density at radius 3 is 2.44 bits per heavy atom. The molecule has 0 aromatic heterocycles. The maximum atomic E-state index is 11.2. The molecule has 5 heteroatoms. The molecule has 0 bridgehead atoms. The monoisotopic (exact) mass is 251 g/mol. The van der Waals surface area contributed by atoms with Crippen LogP contribution in [0.15, 0.2) is 12.1 Å². The molecule has 18 heavy (non-hydrogen) atoms. The van der Waals surface area contributed by atoms with Crippen molar-refractivity contribution >= 4 is 5.97 Å². The predicted octanol–water partition coefficient (Wildman–Crippen LogP) is 1.63.